The molecule has 4 nitrogen and oxygen atoms in total. The van der Waals surface area contributed by atoms with Gasteiger partial charge in [-0.05, 0) is 19.8 Å². The number of aryl methyl sites for hydroxylation is 1. The molecule has 0 atom stereocenters. The first kappa shape index (κ1) is 9.33. The average Bonchev–Trinajstić information content (AvgIpc) is 2.10. The van der Waals surface area contributed by atoms with Crippen LogP contribution in [0, 0.1) is 12.7 Å². The van der Waals surface area contributed by atoms with Crippen molar-refractivity contribution in [2.45, 2.75) is 31.8 Å². The molecule has 0 bridgehead atoms. The number of hydrogen-bond acceptors (Lipinski definition) is 4. The maximum absolute atomic E-state index is 13.4. The molecule has 0 unspecified atom stereocenters. The van der Waals surface area contributed by atoms with Crippen molar-refractivity contribution in [1.82, 2.24) is 9.97 Å². The van der Waals surface area contributed by atoms with Crippen LogP contribution in [0.15, 0.2) is 6.33 Å². The maximum atomic E-state index is 13.4. The fraction of sp³-hybridized carbons (Fsp3) is 0.556. The quantitative estimate of drug-likeness (QED) is 0.735. The summed E-state index contributed by atoms with van der Waals surface area (Å²) in [7, 11) is 0. The lowest BCUT2D eigenvalue weighted by Crippen LogP contribution is -2.44. The Morgan fingerprint density at radius 2 is 2.21 bits per heavy atom. The summed E-state index contributed by atoms with van der Waals surface area (Å²) in [5.74, 6) is -0.0811. The van der Waals surface area contributed by atoms with E-state index in [-0.39, 0.29) is 23.7 Å². The van der Waals surface area contributed by atoms with E-state index in [1.807, 2.05) is 0 Å². The van der Waals surface area contributed by atoms with Crippen LogP contribution in [-0.2, 0) is 0 Å². The van der Waals surface area contributed by atoms with Gasteiger partial charge in [-0.3, -0.25) is 0 Å². The summed E-state index contributed by atoms with van der Waals surface area (Å²) >= 11 is 0. The van der Waals surface area contributed by atoms with E-state index in [9.17, 15) is 4.39 Å². The highest BCUT2D eigenvalue weighted by Crippen LogP contribution is 2.23. The minimum Gasteiger partial charge on any atom is -0.365 e. The molecule has 1 aromatic rings. The lowest BCUT2D eigenvalue weighted by atomic mass is 9.88. The third-order valence-electron chi connectivity index (χ3n) is 2.48. The van der Waals surface area contributed by atoms with Gasteiger partial charge in [-0.25, -0.2) is 14.4 Å². The molecule has 0 saturated heterocycles. The minimum absolute atomic E-state index is 0.249. The summed E-state index contributed by atoms with van der Waals surface area (Å²) < 4.78 is 13.4. The Kier molecular flexibility index (Phi) is 2.33. The van der Waals surface area contributed by atoms with Gasteiger partial charge in [-0.15, -0.1) is 0 Å². The fourth-order valence-electron chi connectivity index (χ4n) is 1.53. The second-order valence-electron chi connectivity index (χ2n) is 3.69. The van der Waals surface area contributed by atoms with Crippen molar-refractivity contribution in [3.05, 3.63) is 17.8 Å². The third kappa shape index (κ3) is 1.68. The Morgan fingerprint density at radius 3 is 2.86 bits per heavy atom. The van der Waals surface area contributed by atoms with Crippen molar-refractivity contribution in [3.63, 3.8) is 0 Å². The highest BCUT2D eigenvalue weighted by molar-refractivity contribution is 5.38. The molecular formula is C9H13FN4. The molecule has 1 saturated carbocycles. The molecule has 0 aliphatic heterocycles. The SMILES string of the molecule is Cc1ncnc(NC2CC(N)C2)c1F. The molecule has 1 aliphatic rings. The predicted molar refractivity (Wildman–Crippen MR) is 51.3 cm³/mol. The molecule has 0 aromatic carbocycles. The fourth-order valence-corrected chi connectivity index (χ4v) is 1.53. The zero-order valence-corrected chi connectivity index (χ0v) is 8.00. The minimum atomic E-state index is -0.368. The molecule has 1 fully saturated rings. The molecule has 14 heavy (non-hydrogen) atoms. The summed E-state index contributed by atoms with van der Waals surface area (Å²) in [6, 6.07) is 0.507. The van der Waals surface area contributed by atoms with E-state index in [0.29, 0.717) is 5.69 Å². The number of hydrogen-bond donors (Lipinski definition) is 2. The summed E-state index contributed by atoms with van der Waals surface area (Å²) in [6.45, 7) is 1.62. The van der Waals surface area contributed by atoms with Gasteiger partial charge in [0.1, 0.15) is 6.33 Å². The first-order valence-corrected chi connectivity index (χ1v) is 4.66. The molecule has 2 rings (SSSR count). The maximum Gasteiger partial charge on any atom is 0.186 e. The van der Waals surface area contributed by atoms with E-state index in [1.165, 1.54) is 6.33 Å². The van der Waals surface area contributed by atoms with Gasteiger partial charge in [0, 0.05) is 12.1 Å². The molecule has 1 aromatic heterocycles. The van der Waals surface area contributed by atoms with Gasteiger partial charge in [-0.2, -0.15) is 0 Å². The summed E-state index contributed by atoms with van der Waals surface area (Å²) in [4.78, 5) is 7.60. The monoisotopic (exact) mass is 196 g/mol. The Morgan fingerprint density at radius 1 is 1.50 bits per heavy atom. The number of nitrogens with zero attached hydrogens (tertiary/aromatic N) is 2. The summed E-state index contributed by atoms with van der Waals surface area (Å²) in [5, 5.41) is 3.01. The van der Waals surface area contributed by atoms with Crippen LogP contribution in [0.1, 0.15) is 18.5 Å². The number of nitrogens with two attached hydrogens (primary N) is 1. The van der Waals surface area contributed by atoms with E-state index < -0.39 is 0 Å². The van der Waals surface area contributed by atoms with Gasteiger partial charge >= 0.3 is 0 Å². The van der Waals surface area contributed by atoms with E-state index in [1.54, 1.807) is 6.92 Å². The summed E-state index contributed by atoms with van der Waals surface area (Å²) in [5.41, 5.74) is 5.99. The predicted octanol–water partition coefficient (Wildman–Crippen LogP) is 0.826. The van der Waals surface area contributed by atoms with Crippen LogP contribution in [0.25, 0.3) is 0 Å². The Balaban J connectivity index is 2.06. The molecule has 5 heteroatoms. The molecule has 1 aliphatic carbocycles. The van der Waals surface area contributed by atoms with Crippen LogP contribution < -0.4 is 11.1 Å². The van der Waals surface area contributed by atoms with Crippen molar-refractivity contribution < 1.29 is 4.39 Å². The van der Waals surface area contributed by atoms with Gasteiger partial charge in [0.05, 0.1) is 5.69 Å². The second-order valence-corrected chi connectivity index (χ2v) is 3.69. The smallest absolute Gasteiger partial charge is 0.186 e. The van der Waals surface area contributed by atoms with Crippen molar-refractivity contribution in [1.29, 1.82) is 0 Å². The normalized spacial score (nSPS) is 25.6. The topological polar surface area (TPSA) is 63.8 Å². The van der Waals surface area contributed by atoms with Gasteiger partial charge in [0.2, 0.25) is 0 Å². The summed E-state index contributed by atoms with van der Waals surface area (Å²) in [6.07, 6.45) is 3.12. The zero-order valence-electron chi connectivity index (χ0n) is 8.00. The Labute approximate surface area is 81.7 Å². The largest absolute Gasteiger partial charge is 0.365 e. The van der Waals surface area contributed by atoms with E-state index in [4.69, 9.17) is 5.73 Å². The number of halogens is 1. The molecule has 0 radical (unpaired) electrons. The van der Waals surface area contributed by atoms with Crippen LogP contribution in [0.2, 0.25) is 0 Å². The van der Waals surface area contributed by atoms with E-state index in [2.05, 4.69) is 15.3 Å². The van der Waals surface area contributed by atoms with Crippen molar-refractivity contribution >= 4 is 5.82 Å². The highest BCUT2D eigenvalue weighted by Gasteiger charge is 2.26. The second kappa shape index (κ2) is 3.49. The third-order valence-corrected chi connectivity index (χ3v) is 2.48. The van der Waals surface area contributed by atoms with Crippen LogP contribution >= 0.6 is 0 Å². The standard InChI is InChI=1S/C9H13FN4/c1-5-8(10)9(13-4-12-5)14-7-2-6(11)3-7/h4,6-7H,2-3,11H2,1H3,(H,12,13,14). The molecule has 0 amide bonds. The average molecular weight is 196 g/mol. The number of nitrogens with one attached hydrogen (secondary N) is 1. The molecule has 0 spiro atoms. The van der Waals surface area contributed by atoms with Crippen LogP contribution in [0.5, 0.6) is 0 Å². The highest BCUT2D eigenvalue weighted by atomic mass is 19.1. The van der Waals surface area contributed by atoms with Crippen LogP contribution in [0.4, 0.5) is 10.2 Å². The number of aromatic nitrogens is 2. The van der Waals surface area contributed by atoms with E-state index >= 15 is 0 Å². The van der Waals surface area contributed by atoms with Gasteiger partial charge in [-0.1, -0.05) is 0 Å². The van der Waals surface area contributed by atoms with Crippen LogP contribution in [-0.4, -0.2) is 22.1 Å². The number of anilines is 1. The van der Waals surface area contributed by atoms with Crippen molar-refractivity contribution in [2.24, 2.45) is 5.73 Å². The Hall–Kier alpha value is -1.23. The van der Waals surface area contributed by atoms with Crippen LogP contribution in [0.3, 0.4) is 0 Å². The molecule has 1 heterocycles. The molecule has 3 N–H and O–H groups in total. The van der Waals surface area contributed by atoms with Gasteiger partial charge < -0.3 is 11.1 Å². The first-order valence-electron chi connectivity index (χ1n) is 4.66. The lowest BCUT2D eigenvalue weighted by molar-refractivity contribution is 0.371. The number of rotatable bonds is 2. The molecular weight excluding hydrogens is 183 g/mol. The lowest BCUT2D eigenvalue weighted by Gasteiger charge is -2.33. The van der Waals surface area contributed by atoms with Crippen molar-refractivity contribution in [3.8, 4) is 0 Å². The zero-order chi connectivity index (χ0) is 10.1. The van der Waals surface area contributed by atoms with Gasteiger partial charge in [0.15, 0.2) is 11.6 Å². The molecule has 76 valence electrons. The first-order chi connectivity index (χ1) is 6.66. The van der Waals surface area contributed by atoms with E-state index in [0.717, 1.165) is 12.8 Å². The van der Waals surface area contributed by atoms with Gasteiger partial charge in [0.25, 0.3) is 0 Å². The Bertz CT molecular complexity index is 336. The van der Waals surface area contributed by atoms with Crippen molar-refractivity contribution in [2.75, 3.05) is 5.32 Å².